The first-order valence-corrected chi connectivity index (χ1v) is 7.74. The maximum Gasteiger partial charge on any atom is 0.148 e. The summed E-state index contributed by atoms with van der Waals surface area (Å²) in [5.41, 5.74) is 3.59. The molecule has 0 atom stereocenters. The molecule has 0 aliphatic heterocycles. The molecule has 120 valence electrons. The second kappa shape index (κ2) is 9.52. The van der Waals surface area contributed by atoms with Crippen molar-refractivity contribution in [2.45, 2.75) is 47.0 Å². The summed E-state index contributed by atoms with van der Waals surface area (Å²) in [5.74, 6) is 8.45. The number of rotatable bonds is 10. The quantitative estimate of drug-likeness (QED) is 0.349. The number of ether oxygens (including phenoxy) is 1. The van der Waals surface area contributed by atoms with Crippen LogP contribution in [0.4, 0.5) is 11.6 Å². The molecule has 6 nitrogen and oxygen atoms in total. The minimum absolute atomic E-state index is 0.580. The van der Waals surface area contributed by atoms with Crippen LogP contribution >= 0.6 is 0 Å². The van der Waals surface area contributed by atoms with E-state index in [9.17, 15) is 0 Å². The number of nitrogens with zero attached hydrogens (tertiary/aromatic N) is 2. The molecule has 0 saturated heterocycles. The van der Waals surface area contributed by atoms with Crippen molar-refractivity contribution in [3.05, 3.63) is 11.4 Å². The molecule has 0 aliphatic carbocycles. The summed E-state index contributed by atoms with van der Waals surface area (Å²) in [6.45, 7) is 10.8. The van der Waals surface area contributed by atoms with Gasteiger partial charge in [0, 0.05) is 31.7 Å². The van der Waals surface area contributed by atoms with E-state index < -0.39 is 0 Å². The lowest BCUT2D eigenvalue weighted by Crippen LogP contribution is -2.16. The maximum absolute atomic E-state index is 5.57. The summed E-state index contributed by atoms with van der Waals surface area (Å²) in [5, 5.41) is 3.35. The van der Waals surface area contributed by atoms with Crippen LogP contribution in [-0.2, 0) is 11.2 Å². The maximum atomic E-state index is 5.57. The summed E-state index contributed by atoms with van der Waals surface area (Å²) in [7, 11) is 0. The van der Waals surface area contributed by atoms with E-state index in [1.807, 2.05) is 6.92 Å². The van der Waals surface area contributed by atoms with E-state index in [1.54, 1.807) is 0 Å². The molecular weight excluding hydrogens is 266 g/mol. The molecule has 0 unspecified atom stereocenters. The topological polar surface area (TPSA) is 85.1 Å². The van der Waals surface area contributed by atoms with Crippen LogP contribution in [0.15, 0.2) is 0 Å². The predicted octanol–water partition coefficient (Wildman–Crippen LogP) is 2.50. The number of hydrazine groups is 1. The molecule has 0 fully saturated rings. The number of aryl methyl sites for hydroxylation is 1. The van der Waals surface area contributed by atoms with Crippen molar-refractivity contribution in [3.8, 4) is 0 Å². The average molecular weight is 295 g/mol. The minimum atomic E-state index is 0.580. The molecule has 0 aliphatic rings. The molecule has 0 amide bonds. The number of anilines is 2. The van der Waals surface area contributed by atoms with Crippen LogP contribution in [0.1, 0.15) is 45.0 Å². The van der Waals surface area contributed by atoms with Gasteiger partial charge in [0.2, 0.25) is 0 Å². The van der Waals surface area contributed by atoms with Crippen LogP contribution in [0.3, 0.4) is 0 Å². The highest BCUT2D eigenvalue weighted by atomic mass is 16.5. The third-order valence-electron chi connectivity index (χ3n) is 3.01. The van der Waals surface area contributed by atoms with Crippen molar-refractivity contribution in [1.82, 2.24) is 9.97 Å². The Morgan fingerprint density at radius 2 is 1.95 bits per heavy atom. The van der Waals surface area contributed by atoms with Gasteiger partial charge < -0.3 is 15.5 Å². The van der Waals surface area contributed by atoms with Gasteiger partial charge in [-0.3, -0.25) is 0 Å². The fourth-order valence-electron chi connectivity index (χ4n) is 1.91. The standard InChI is InChI=1S/C15H29N5O/c1-5-7-13-18-14(12(4)15(19-13)20-16)17-8-6-9-21-10-11(2)3/h11H,5-10,16H2,1-4H3,(H2,17,18,19,20). The Balaban J connectivity index is 2.51. The summed E-state index contributed by atoms with van der Waals surface area (Å²) in [6.07, 6.45) is 2.81. The Morgan fingerprint density at radius 1 is 1.24 bits per heavy atom. The number of nitrogen functional groups attached to an aromatic ring is 1. The Bertz CT molecular complexity index is 423. The summed E-state index contributed by atoms with van der Waals surface area (Å²) < 4.78 is 5.57. The molecule has 0 bridgehead atoms. The van der Waals surface area contributed by atoms with E-state index in [1.165, 1.54) is 0 Å². The predicted molar refractivity (Wildman–Crippen MR) is 87.3 cm³/mol. The molecule has 1 aromatic heterocycles. The highest BCUT2D eigenvalue weighted by Gasteiger charge is 2.09. The van der Waals surface area contributed by atoms with Gasteiger partial charge in [-0.1, -0.05) is 20.8 Å². The Kier molecular flexibility index (Phi) is 8.00. The number of hydrogen-bond donors (Lipinski definition) is 3. The van der Waals surface area contributed by atoms with Crippen LogP contribution in [-0.4, -0.2) is 29.7 Å². The van der Waals surface area contributed by atoms with E-state index in [4.69, 9.17) is 10.6 Å². The van der Waals surface area contributed by atoms with Gasteiger partial charge in [-0.05, 0) is 25.7 Å². The van der Waals surface area contributed by atoms with Crippen molar-refractivity contribution >= 4 is 11.6 Å². The lowest BCUT2D eigenvalue weighted by molar-refractivity contribution is 0.110. The monoisotopic (exact) mass is 295 g/mol. The summed E-state index contributed by atoms with van der Waals surface area (Å²) >= 11 is 0. The molecular formula is C15H29N5O. The van der Waals surface area contributed by atoms with Gasteiger partial charge in [0.25, 0.3) is 0 Å². The highest BCUT2D eigenvalue weighted by molar-refractivity contribution is 5.56. The molecule has 0 saturated carbocycles. The van der Waals surface area contributed by atoms with Crippen molar-refractivity contribution in [3.63, 3.8) is 0 Å². The van der Waals surface area contributed by atoms with Crippen molar-refractivity contribution in [2.75, 3.05) is 30.5 Å². The third kappa shape index (κ3) is 6.27. The van der Waals surface area contributed by atoms with Crippen molar-refractivity contribution in [1.29, 1.82) is 0 Å². The molecule has 1 heterocycles. The van der Waals surface area contributed by atoms with Gasteiger partial charge in [0.15, 0.2) is 0 Å². The normalized spacial score (nSPS) is 11.0. The lowest BCUT2D eigenvalue weighted by Gasteiger charge is -2.13. The summed E-state index contributed by atoms with van der Waals surface area (Å²) in [6, 6.07) is 0. The van der Waals surface area contributed by atoms with Crippen LogP contribution < -0.4 is 16.6 Å². The van der Waals surface area contributed by atoms with Crippen LogP contribution in [0.5, 0.6) is 0 Å². The largest absolute Gasteiger partial charge is 0.381 e. The molecule has 21 heavy (non-hydrogen) atoms. The first kappa shape index (κ1) is 17.7. The van der Waals surface area contributed by atoms with Gasteiger partial charge in [-0.25, -0.2) is 15.8 Å². The molecule has 0 aromatic carbocycles. The molecule has 1 aromatic rings. The second-order valence-corrected chi connectivity index (χ2v) is 5.61. The van der Waals surface area contributed by atoms with Gasteiger partial charge >= 0.3 is 0 Å². The molecule has 0 radical (unpaired) electrons. The molecule has 0 spiro atoms. The van der Waals surface area contributed by atoms with E-state index in [2.05, 4.69) is 41.5 Å². The average Bonchev–Trinajstić information content (AvgIpc) is 2.45. The lowest BCUT2D eigenvalue weighted by atomic mass is 10.2. The Morgan fingerprint density at radius 3 is 2.57 bits per heavy atom. The van der Waals surface area contributed by atoms with Gasteiger partial charge in [-0.2, -0.15) is 0 Å². The number of nitrogens with two attached hydrogens (primary N) is 1. The zero-order chi connectivity index (χ0) is 15.7. The third-order valence-corrected chi connectivity index (χ3v) is 3.01. The smallest absolute Gasteiger partial charge is 0.148 e. The van der Waals surface area contributed by atoms with E-state index in [0.29, 0.717) is 11.7 Å². The first-order chi connectivity index (χ1) is 10.1. The molecule has 1 rings (SSSR count). The second-order valence-electron chi connectivity index (χ2n) is 5.61. The zero-order valence-corrected chi connectivity index (χ0v) is 13.7. The highest BCUT2D eigenvalue weighted by Crippen LogP contribution is 2.19. The molecule has 6 heteroatoms. The van der Waals surface area contributed by atoms with Crippen molar-refractivity contribution in [2.24, 2.45) is 11.8 Å². The van der Waals surface area contributed by atoms with E-state index >= 15 is 0 Å². The minimum Gasteiger partial charge on any atom is -0.381 e. The fraction of sp³-hybridized carbons (Fsp3) is 0.733. The number of nitrogens with one attached hydrogen (secondary N) is 2. The Hall–Kier alpha value is -1.40. The van der Waals surface area contributed by atoms with Crippen LogP contribution in [0.2, 0.25) is 0 Å². The van der Waals surface area contributed by atoms with Gasteiger partial charge in [0.1, 0.15) is 17.5 Å². The van der Waals surface area contributed by atoms with E-state index in [-0.39, 0.29) is 0 Å². The van der Waals surface area contributed by atoms with Crippen molar-refractivity contribution < 1.29 is 4.74 Å². The number of hydrogen-bond acceptors (Lipinski definition) is 6. The fourth-order valence-corrected chi connectivity index (χ4v) is 1.91. The van der Waals surface area contributed by atoms with Gasteiger partial charge in [0.05, 0.1) is 0 Å². The zero-order valence-electron chi connectivity index (χ0n) is 13.7. The summed E-state index contributed by atoms with van der Waals surface area (Å²) in [4.78, 5) is 8.96. The van der Waals surface area contributed by atoms with E-state index in [0.717, 1.165) is 56.2 Å². The first-order valence-electron chi connectivity index (χ1n) is 7.74. The molecule has 4 N–H and O–H groups in total. The SMILES string of the molecule is CCCc1nc(NN)c(C)c(NCCCOCC(C)C)n1. The number of aromatic nitrogens is 2. The van der Waals surface area contributed by atoms with Crippen LogP contribution in [0, 0.1) is 12.8 Å². The van der Waals surface area contributed by atoms with Crippen LogP contribution in [0.25, 0.3) is 0 Å². The van der Waals surface area contributed by atoms with Gasteiger partial charge in [-0.15, -0.1) is 0 Å². The Labute approximate surface area is 127 Å².